The molecule has 0 fully saturated rings. The van der Waals surface area contributed by atoms with E-state index in [2.05, 4.69) is 36.4 Å². The standard InChI is InChI=1S/C28H25FO2/c1-3-30-24-16-10-21(11-17-24)27-7-5-6-26(20-8-14-23(29)15-9-20)28(27)22-12-18-25(19-13-22)31-4-2/h5-19H,3-4H2,1-2H3. The summed E-state index contributed by atoms with van der Waals surface area (Å²) in [7, 11) is 0. The summed E-state index contributed by atoms with van der Waals surface area (Å²) in [6, 6.07) is 29.2. The fraction of sp³-hybridized carbons (Fsp3) is 0.143. The van der Waals surface area contributed by atoms with Crippen molar-refractivity contribution in [2.75, 3.05) is 13.2 Å². The van der Waals surface area contributed by atoms with Crippen LogP contribution in [0.4, 0.5) is 4.39 Å². The lowest BCUT2D eigenvalue weighted by Gasteiger charge is -2.17. The third-order valence-corrected chi connectivity index (χ3v) is 5.15. The normalized spacial score (nSPS) is 10.7. The van der Waals surface area contributed by atoms with E-state index in [1.807, 2.05) is 56.3 Å². The van der Waals surface area contributed by atoms with Crippen LogP contribution in [0.1, 0.15) is 13.8 Å². The first kappa shape index (κ1) is 20.7. The van der Waals surface area contributed by atoms with Crippen LogP contribution in [0.2, 0.25) is 0 Å². The Morgan fingerprint density at radius 1 is 0.548 bits per heavy atom. The fourth-order valence-corrected chi connectivity index (χ4v) is 3.76. The molecule has 0 radical (unpaired) electrons. The molecule has 3 heteroatoms. The van der Waals surface area contributed by atoms with Crippen LogP contribution < -0.4 is 9.47 Å². The van der Waals surface area contributed by atoms with Crippen LogP contribution in [0, 0.1) is 5.82 Å². The smallest absolute Gasteiger partial charge is 0.123 e. The summed E-state index contributed by atoms with van der Waals surface area (Å²) in [6.45, 7) is 5.21. The Balaban J connectivity index is 1.88. The van der Waals surface area contributed by atoms with Crippen molar-refractivity contribution in [1.29, 1.82) is 0 Å². The van der Waals surface area contributed by atoms with Gasteiger partial charge in [-0.1, -0.05) is 54.6 Å². The summed E-state index contributed by atoms with van der Waals surface area (Å²) in [4.78, 5) is 0. The van der Waals surface area contributed by atoms with Gasteiger partial charge in [-0.15, -0.1) is 0 Å². The van der Waals surface area contributed by atoms with E-state index in [-0.39, 0.29) is 5.82 Å². The van der Waals surface area contributed by atoms with Gasteiger partial charge in [0.15, 0.2) is 0 Å². The first-order valence-corrected chi connectivity index (χ1v) is 10.5. The molecule has 0 aliphatic heterocycles. The highest BCUT2D eigenvalue weighted by Gasteiger charge is 2.14. The van der Waals surface area contributed by atoms with Crippen LogP contribution >= 0.6 is 0 Å². The molecule has 0 saturated carbocycles. The van der Waals surface area contributed by atoms with E-state index in [9.17, 15) is 4.39 Å². The molecule has 156 valence electrons. The Morgan fingerprint density at radius 2 is 0.968 bits per heavy atom. The van der Waals surface area contributed by atoms with Crippen molar-refractivity contribution in [3.63, 3.8) is 0 Å². The zero-order valence-electron chi connectivity index (χ0n) is 17.8. The minimum Gasteiger partial charge on any atom is -0.494 e. The number of benzene rings is 4. The van der Waals surface area contributed by atoms with Gasteiger partial charge in [0.25, 0.3) is 0 Å². The highest BCUT2D eigenvalue weighted by atomic mass is 19.1. The van der Waals surface area contributed by atoms with Gasteiger partial charge in [0, 0.05) is 0 Å². The lowest BCUT2D eigenvalue weighted by atomic mass is 9.87. The van der Waals surface area contributed by atoms with E-state index in [4.69, 9.17) is 9.47 Å². The number of halogens is 1. The highest BCUT2D eigenvalue weighted by molar-refractivity contribution is 5.94. The molecule has 0 aromatic heterocycles. The van der Waals surface area contributed by atoms with E-state index in [0.717, 1.165) is 44.9 Å². The second kappa shape index (κ2) is 9.48. The first-order valence-electron chi connectivity index (χ1n) is 10.5. The SMILES string of the molecule is CCOc1ccc(-c2cccc(-c3ccc(F)cc3)c2-c2ccc(OCC)cc2)cc1. The Kier molecular flexibility index (Phi) is 6.32. The van der Waals surface area contributed by atoms with Gasteiger partial charge in [0.2, 0.25) is 0 Å². The summed E-state index contributed by atoms with van der Waals surface area (Å²) >= 11 is 0. The Labute approximate surface area is 182 Å². The van der Waals surface area contributed by atoms with Crippen LogP contribution in [-0.4, -0.2) is 13.2 Å². The van der Waals surface area contributed by atoms with E-state index in [1.54, 1.807) is 0 Å². The van der Waals surface area contributed by atoms with E-state index in [0.29, 0.717) is 13.2 Å². The van der Waals surface area contributed by atoms with Crippen LogP contribution in [-0.2, 0) is 0 Å². The van der Waals surface area contributed by atoms with Crippen molar-refractivity contribution in [1.82, 2.24) is 0 Å². The van der Waals surface area contributed by atoms with Gasteiger partial charge >= 0.3 is 0 Å². The van der Waals surface area contributed by atoms with Crippen molar-refractivity contribution in [2.24, 2.45) is 0 Å². The molecule has 0 N–H and O–H groups in total. The van der Waals surface area contributed by atoms with Gasteiger partial charge in [-0.05, 0) is 83.6 Å². The Hall–Kier alpha value is -3.59. The van der Waals surface area contributed by atoms with Crippen LogP contribution in [0.3, 0.4) is 0 Å². The quantitative estimate of drug-likeness (QED) is 0.311. The minimum absolute atomic E-state index is 0.242. The number of rotatable bonds is 7. The molecule has 4 rings (SSSR count). The molecule has 0 spiro atoms. The van der Waals surface area contributed by atoms with Crippen LogP contribution in [0.25, 0.3) is 33.4 Å². The molecule has 0 aliphatic carbocycles. The summed E-state index contributed by atoms with van der Waals surface area (Å²) in [5.41, 5.74) is 6.40. The Bertz CT molecular complexity index is 1130. The first-order chi connectivity index (χ1) is 15.2. The maximum absolute atomic E-state index is 13.6. The van der Waals surface area contributed by atoms with Gasteiger partial charge in [0.1, 0.15) is 17.3 Å². The number of hydrogen-bond acceptors (Lipinski definition) is 2. The maximum atomic E-state index is 13.6. The maximum Gasteiger partial charge on any atom is 0.123 e. The van der Waals surface area contributed by atoms with Crippen molar-refractivity contribution in [3.05, 3.63) is 96.8 Å². The summed E-state index contributed by atoms with van der Waals surface area (Å²) in [5, 5.41) is 0. The molecule has 0 heterocycles. The van der Waals surface area contributed by atoms with E-state index < -0.39 is 0 Å². The lowest BCUT2D eigenvalue weighted by Crippen LogP contribution is -1.94. The predicted molar refractivity (Wildman–Crippen MR) is 125 cm³/mol. The molecule has 0 bridgehead atoms. The summed E-state index contributed by atoms with van der Waals surface area (Å²) < 4.78 is 24.8. The highest BCUT2D eigenvalue weighted by Crippen LogP contribution is 2.40. The molecule has 2 nitrogen and oxygen atoms in total. The van der Waals surface area contributed by atoms with Crippen molar-refractivity contribution in [2.45, 2.75) is 13.8 Å². The number of ether oxygens (including phenoxy) is 2. The third kappa shape index (κ3) is 4.61. The Morgan fingerprint density at radius 3 is 1.42 bits per heavy atom. The molecule has 0 atom stereocenters. The second-order valence-corrected chi connectivity index (χ2v) is 7.15. The molecule has 31 heavy (non-hydrogen) atoms. The largest absolute Gasteiger partial charge is 0.494 e. The summed E-state index contributed by atoms with van der Waals surface area (Å²) in [6.07, 6.45) is 0. The molecule has 0 aliphatic rings. The zero-order valence-corrected chi connectivity index (χ0v) is 17.8. The van der Waals surface area contributed by atoms with Gasteiger partial charge in [0.05, 0.1) is 13.2 Å². The van der Waals surface area contributed by atoms with E-state index >= 15 is 0 Å². The van der Waals surface area contributed by atoms with Gasteiger partial charge < -0.3 is 9.47 Å². The predicted octanol–water partition coefficient (Wildman–Crippen LogP) is 7.62. The monoisotopic (exact) mass is 412 g/mol. The van der Waals surface area contributed by atoms with Gasteiger partial charge in [-0.3, -0.25) is 0 Å². The van der Waals surface area contributed by atoms with Crippen molar-refractivity contribution >= 4 is 0 Å². The average molecular weight is 413 g/mol. The van der Waals surface area contributed by atoms with E-state index in [1.165, 1.54) is 12.1 Å². The molecule has 0 saturated heterocycles. The molecular weight excluding hydrogens is 387 g/mol. The molecule has 0 unspecified atom stereocenters. The molecular formula is C28H25FO2. The van der Waals surface area contributed by atoms with Gasteiger partial charge in [-0.2, -0.15) is 0 Å². The number of hydrogen-bond donors (Lipinski definition) is 0. The molecule has 0 amide bonds. The van der Waals surface area contributed by atoms with Crippen molar-refractivity contribution < 1.29 is 13.9 Å². The molecule has 4 aromatic carbocycles. The summed E-state index contributed by atoms with van der Waals surface area (Å²) in [5.74, 6) is 1.45. The minimum atomic E-state index is -0.242. The van der Waals surface area contributed by atoms with Gasteiger partial charge in [-0.25, -0.2) is 4.39 Å². The topological polar surface area (TPSA) is 18.5 Å². The molecule has 4 aromatic rings. The fourth-order valence-electron chi connectivity index (χ4n) is 3.76. The van der Waals surface area contributed by atoms with Crippen molar-refractivity contribution in [3.8, 4) is 44.9 Å². The third-order valence-electron chi connectivity index (χ3n) is 5.15. The van der Waals surface area contributed by atoms with Crippen LogP contribution in [0.15, 0.2) is 91.0 Å². The lowest BCUT2D eigenvalue weighted by molar-refractivity contribution is 0.340. The second-order valence-electron chi connectivity index (χ2n) is 7.15. The zero-order chi connectivity index (χ0) is 21.6. The van der Waals surface area contributed by atoms with Crippen LogP contribution in [0.5, 0.6) is 11.5 Å². The average Bonchev–Trinajstić information content (AvgIpc) is 2.81.